The molecule has 3 rings (SSSR count). The molecule has 2 N–H and O–H groups in total. The van der Waals surface area contributed by atoms with E-state index in [1.807, 2.05) is 31.2 Å². The Hall–Kier alpha value is -3.42. The van der Waals surface area contributed by atoms with Crippen LogP contribution in [0.1, 0.15) is 22.3 Å². The minimum Gasteiger partial charge on any atom is -0.488 e. The summed E-state index contributed by atoms with van der Waals surface area (Å²) in [5.41, 5.74) is 4.73. The molecule has 0 aliphatic rings. The fourth-order valence-corrected chi connectivity index (χ4v) is 3.15. The summed E-state index contributed by atoms with van der Waals surface area (Å²) in [4.78, 5) is 24.0. The van der Waals surface area contributed by atoms with Gasteiger partial charge in [0.15, 0.2) is 0 Å². The van der Waals surface area contributed by atoms with Crippen molar-refractivity contribution in [2.75, 3.05) is 0 Å². The van der Waals surface area contributed by atoms with E-state index in [2.05, 4.69) is 15.8 Å². The first-order valence-corrected chi connectivity index (χ1v) is 10.6. The SMILES string of the molecule is Cc1ccc(CNC(=O)C(=O)N/N=C\c2cc(Cl)ccc2OCc2c(F)cccc2Cl)cc1. The van der Waals surface area contributed by atoms with Crippen molar-refractivity contribution in [2.45, 2.75) is 20.1 Å². The van der Waals surface area contributed by atoms with Crippen LogP contribution in [-0.2, 0) is 22.7 Å². The van der Waals surface area contributed by atoms with Gasteiger partial charge in [0, 0.05) is 22.7 Å². The normalized spacial score (nSPS) is 10.8. The van der Waals surface area contributed by atoms with Gasteiger partial charge in [-0.2, -0.15) is 5.10 Å². The lowest BCUT2D eigenvalue weighted by atomic mass is 10.1. The number of nitrogens with zero attached hydrogens (tertiary/aromatic N) is 1. The zero-order chi connectivity index (χ0) is 23.8. The number of hydrogen-bond acceptors (Lipinski definition) is 4. The molecule has 33 heavy (non-hydrogen) atoms. The third-order valence-corrected chi connectivity index (χ3v) is 5.14. The van der Waals surface area contributed by atoms with Crippen molar-refractivity contribution in [3.63, 3.8) is 0 Å². The maximum atomic E-state index is 14.0. The zero-order valence-electron chi connectivity index (χ0n) is 17.6. The van der Waals surface area contributed by atoms with Crippen LogP contribution in [0.5, 0.6) is 5.75 Å². The molecule has 0 saturated heterocycles. The molecule has 0 spiro atoms. The fraction of sp³-hybridized carbons (Fsp3) is 0.125. The molecule has 0 atom stereocenters. The summed E-state index contributed by atoms with van der Waals surface area (Å²) in [5, 5.41) is 6.95. The highest BCUT2D eigenvalue weighted by Gasteiger charge is 2.13. The molecule has 3 aromatic carbocycles. The average molecular weight is 488 g/mol. The molecule has 0 unspecified atom stereocenters. The van der Waals surface area contributed by atoms with Gasteiger partial charge in [-0.05, 0) is 42.8 Å². The van der Waals surface area contributed by atoms with Crippen LogP contribution in [-0.4, -0.2) is 18.0 Å². The fourth-order valence-electron chi connectivity index (χ4n) is 2.75. The summed E-state index contributed by atoms with van der Waals surface area (Å²) >= 11 is 12.1. The second-order valence-electron chi connectivity index (χ2n) is 7.04. The Kier molecular flexibility index (Phi) is 8.40. The molecular formula is C24H20Cl2FN3O3. The number of ether oxygens (including phenoxy) is 1. The van der Waals surface area contributed by atoms with Crippen molar-refractivity contribution in [1.82, 2.24) is 10.7 Å². The van der Waals surface area contributed by atoms with Gasteiger partial charge in [-0.25, -0.2) is 9.82 Å². The van der Waals surface area contributed by atoms with Crippen LogP contribution < -0.4 is 15.5 Å². The third-order valence-electron chi connectivity index (χ3n) is 4.56. The van der Waals surface area contributed by atoms with Gasteiger partial charge in [0.05, 0.1) is 11.2 Å². The number of rotatable bonds is 7. The summed E-state index contributed by atoms with van der Waals surface area (Å²) in [6, 6.07) is 16.6. The molecule has 0 bridgehead atoms. The number of halogens is 3. The van der Waals surface area contributed by atoms with Crippen LogP contribution in [0.25, 0.3) is 0 Å². The van der Waals surface area contributed by atoms with Crippen LogP contribution in [0.2, 0.25) is 10.0 Å². The monoisotopic (exact) mass is 487 g/mol. The minimum atomic E-state index is -0.930. The molecule has 0 fully saturated rings. The Labute approximate surface area is 200 Å². The first-order chi connectivity index (χ1) is 15.8. The van der Waals surface area contributed by atoms with Gasteiger partial charge in [0.25, 0.3) is 0 Å². The standard InChI is InChI=1S/C24H20Cl2FN3O3/c1-15-5-7-16(8-6-15)12-28-23(31)24(32)30-29-13-17-11-18(25)9-10-22(17)33-14-19-20(26)3-2-4-21(19)27/h2-11,13H,12,14H2,1H3,(H,28,31)(H,30,32)/b29-13-. The number of carbonyl (C=O) groups is 2. The van der Waals surface area contributed by atoms with Crippen LogP contribution in [0.15, 0.2) is 65.8 Å². The number of aryl methyl sites for hydroxylation is 1. The molecule has 0 aromatic heterocycles. The number of carbonyl (C=O) groups excluding carboxylic acids is 2. The van der Waals surface area contributed by atoms with E-state index in [-0.39, 0.29) is 23.7 Å². The smallest absolute Gasteiger partial charge is 0.329 e. The lowest BCUT2D eigenvalue weighted by Crippen LogP contribution is -2.37. The van der Waals surface area contributed by atoms with Gasteiger partial charge in [0.1, 0.15) is 18.2 Å². The quantitative estimate of drug-likeness (QED) is 0.285. The Balaban J connectivity index is 1.59. The molecule has 0 heterocycles. The number of nitrogens with one attached hydrogen (secondary N) is 2. The predicted octanol–water partition coefficient (Wildman–Crippen LogP) is 4.79. The Morgan fingerprint density at radius 1 is 1.06 bits per heavy atom. The van der Waals surface area contributed by atoms with E-state index in [1.165, 1.54) is 18.3 Å². The molecule has 0 aliphatic heterocycles. The summed E-state index contributed by atoms with van der Waals surface area (Å²) in [6.07, 6.45) is 1.27. The first-order valence-electron chi connectivity index (χ1n) is 9.85. The Bertz CT molecular complexity index is 1160. The largest absolute Gasteiger partial charge is 0.488 e. The lowest BCUT2D eigenvalue weighted by molar-refractivity contribution is -0.139. The highest BCUT2D eigenvalue weighted by molar-refractivity contribution is 6.35. The molecular weight excluding hydrogens is 468 g/mol. The van der Waals surface area contributed by atoms with E-state index in [0.29, 0.717) is 16.3 Å². The van der Waals surface area contributed by atoms with Crippen LogP contribution in [0, 0.1) is 12.7 Å². The molecule has 3 aromatic rings. The van der Waals surface area contributed by atoms with Gasteiger partial charge in [-0.1, -0.05) is 59.1 Å². The third kappa shape index (κ3) is 7.03. The number of benzene rings is 3. The summed E-state index contributed by atoms with van der Waals surface area (Å²) in [7, 11) is 0. The van der Waals surface area contributed by atoms with Crippen LogP contribution in [0.4, 0.5) is 4.39 Å². The van der Waals surface area contributed by atoms with Crippen LogP contribution >= 0.6 is 23.2 Å². The van der Waals surface area contributed by atoms with E-state index in [1.54, 1.807) is 24.3 Å². The molecule has 170 valence electrons. The van der Waals surface area contributed by atoms with Crippen molar-refractivity contribution in [1.29, 1.82) is 0 Å². The predicted molar refractivity (Wildman–Crippen MR) is 126 cm³/mol. The van der Waals surface area contributed by atoms with E-state index in [4.69, 9.17) is 27.9 Å². The first kappa shape index (κ1) is 24.2. The Morgan fingerprint density at radius 3 is 2.55 bits per heavy atom. The molecule has 6 nitrogen and oxygen atoms in total. The summed E-state index contributed by atoms with van der Waals surface area (Å²) in [5.74, 6) is -1.92. The number of amides is 2. The van der Waals surface area contributed by atoms with Gasteiger partial charge in [0.2, 0.25) is 0 Å². The van der Waals surface area contributed by atoms with Crippen LogP contribution in [0.3, 0.4) is 0 Å². The molecule has 0 saturated carbocycles. The number of hydrogen-bond donors (Lipinski definition) is 2. The van der Waals surface area contributed by atoms with E-state index in [0.717, 1.165) is 11.1 Å². The van der Waals surface area contributed by atoms with E-state index >= 15 is 0 Å². The summed E-state index contributed by atoms with van der Waals surface area (Å²) < 4.78 is 19.7. The van der Waals surface area contributed by atoms with E-state index < -0.39 is 17.6 Å². The highest BCUT2D eigenvalue weighted by atomic mass is 35.5. The summed E-state index contributed by atoms with van der Waals surface area (Å²) in [6.45, 7) is 2.04. The van der Waals surface area contributed by atoms with Crippen molar-refractivity contribution >= 4 is 41.2 Å². The average Bonchev–Trinajstić information content (AvgIpc) is 2.79. The molecule has 0 aliphatic carbocycles. The van der Waals surface area contributed by atoms with Crippen molar-refractivity contribution in [3.05, 3.63) is 98.8 Å². The maximum absolute atomic E-state index is 14.0. The zero-order valence-corrected chi connectivity index (χ0v) is 19.1. The highest BCUT2D eigenvalue weighted by Crippen LogP contribution is 2.25. The lowest BCUT2D eigenvalue weighted by Gasteiger charge is -2.11. The second kappa shape index (κ2) is 11.4. The topological polar surface area (TPSA) is 79.8 Å². The second-order valence-corrected chi connectivity index (χ2v) is 7.88. The minimum absolute atomic E-state index is 0.123. The van der Waals surface area contributed by atoms with Gasteiger partial charge < -0.3 is 10.1 Å². The van der Waals surface area contributed by atoms with E-state index in [9.17, 15) is 14.0 Å². The van der Waals surface area contributed by atoms with Gasteiger partial charge in [-0.3, -0.25) is 9.59 Å². The number of hydrazone groups is 1. The van der Waals surface area contributed by atoms with Crippen molar-refractivity contribution < 1.29 is 18.7 Å². The molecule has 9 heteroatoms. The van der Waals surface area contributed by atoms with Gasteiger partial charge in [-0.15, -0.1) is 0 Å². The van der Waals surface area contributed by atoms with Crippen molar-refractivity contribution in [3.8, 4) is 5.75 Å². The molecule has 0 radical (unpaired) electrons. The van der Waals surface area contributed by atoms with Gasteiger partial charge >= 0.3 is 11.8 Å². The van der Waals surface area contributed by atoms with Crippen molar-refractivity contribution in [2.24, 2.45) is 5.10 Å². The molecule has 2 amide bonds. The Morgan fingerprint density at radius 2 is 1.82 bits per heavy atom. The maximum Gasteiger partial charge on any atom is 0.329 e.